The minimum Gasteiger partial charge on any atom is -0.493 e. The Balaban J connectivity index is 1.13. The molecule has 0 spiro atoms. The maximum absolute atomic E-state index is 13.7. The molecule has 7 nitrogen and oxygen atoms in total. The summed E-state index contributed by atoms with van der Waals surface area (Å²) >= 11 is 3.36. The fraction of sp³-hybridized carbons (Fsp3) is 0.294. The van der Waals surface area contributed by atoms with Gasteiger partial charge < -0.3 is 19.7 Å². The molecule has 1 atom stereocenters. The van der Waals surface area contributed by atoms with E-state index in [0.29, 0.717) is 28.8 Å². The molecule has 1 N–H and O–H groups in total. The van der Waals surface area contributed by atoms with Gasteiger partial charge in [0.1, 0.15) is 17.4 Å². The van der Waals surface area contributed by atoms with E-state index in [1.54, 1.807) is 6.20 Å². The second-order valence-electron chi connectivity index (χ2n) is 10.8. The lowest BCUT2D eigenvalue weighted by atomic mass is 9.96. The molecule has 1 saturated heterocycles. The Morgan fingerprint density at radius 3 is 2.25 bits per heavy atom. The summed E-state index contributed by atoms with van der Waals surface area (Å²) in [5.74, 6) is 3.68. The molecule has 1 aliphatic rings. The van der Waals surface area contributed by atoms with E-state index in [9.17, 15) is 8.78 Å². The van der Waals surface area contributed by atoms with Crippen LogP contribution >= 0.6 is 15.9 Å². The van der Waals surface area contributed by atoms with Gasteiger partial charge in [-0.05, 0) is 63.5 Å². The Bertz CT molecular complexity index is 1510. The minimum absolute atomic E-state index is 0.0649. The lowest BCUT2D eigenvalue weighted by Gasteiger charge is -2.40. The molecule has 228 valence electrons. The van der Waals surface area contributed by atoms with Crippen molar-refractivity contribution in [1.82, 2.24) is 19.8 Å². The van der Waals surface area contributed by atoms with Gasteiger partial charge in [0.05, 0.1) is 23.3 Å². The molecule has 1 aliphatic heterocycles. The van der Waals surface area contributed by atoms with Gasteiger partial charge in [-0.2, -0.15) is 4.98 Å². The number of terminal acetylenes is 1. The minimum atomic E-state index is -0.269. The predicted molar refractivity (Wildman–Crippen MR) is 171 cm³/mol. The third-order valence-electron chi connectivity index (χ3n) is 7.34. The van der Waals surface area contributed by atoms with Crippen molar-refractivity contribution in [2.45, 2.75) is 13.0 Å². The molecule has 0 amide bonds. The molecule has 10 heteroatoms. The van der Waals surface area contributed by atoms with Gasteiger partial charge in [0.2, 0.25) is 11.8 Å². The van der Waals surface area contributed by atoms with Crippen LogP contribution < -0.4 is 14.8 Å². The summed E-state index contributed by atoms with van der Waals surface area (Å²) in [7, 11) is 0. The molecule has 44 heavy (non-hydrogen) atoms. The average Bonchev–Trinajstić information content (AvgIpc) is 3.03. The summed E-state index contributed by atoms with van der Waals surface area (Å²) in [6.45, 7) is 7.22. The number of anilines is 2. The van der Waals surface area contributed by atoms with Crippen LogP contribution in [0.2, 0.25) is 0 Å². The van der Waals surface area contributed by atoms with Crippen molar-refractivity contribution in [3.8, 4) is 24.0 Å². The summed E-state index contributed by atoms with van der Waals surface area (Å²) < 4.78 is 39.5. The topological polar surface area (TPSA) is 62.8 Å². The Morgan fingerprint density at radius 1 is 0.955 bits per heavy atom. The molecule has 1 unspecified atom stereocenters. The number of nitrogens with one attached hydrogen (secondary N) is 1. The summed E-state index contributed by atoms with van der Waals surface area (Å²) in [6.07, 6.45) is 6.89. The Labute approximate surface area is 265 Å². The van der Waals surface area contributed by atoms with Crippen LogP contribution in [0.3, 0.4) is 0 Å². The van der Waals surface area contributed by atoms with Gasteiger partial charge in [-0.15, -0.1) is 6.42 Å². The van der Waals surface area contributed by atoms with E-state index in [2.05, 4.69) is 53.9 Å². The summed E-state index contributed by atoms with van der Waals surface area (Å²) in [6, 6.07) is 20.8. The molecule has 3 aromatic carbocycles. The second-order valence-corrected chi connectivity index (χ2v) is 11.6. The van der Waals surface area contributed by atoms with E-state index in [1.807, 2.05) is 48.5 Å². The molecule has 1 aromatic heterocycles. The summed E-state index contributed by atoms with van der Waals surface area (Å²) in [4.78, 5) is 13.5. The van der Waals surface area contributed by atoms with E-state index in [4.69, 9.17) is 15.9 Å². The number of piperazine rings is 1. The number of ether oxygens (including phenoxy) is 2. The molecular formula is C34H34BrF2N5O2. The molecule has 2 heterocycles. The quantitative estimate of drug-likeness (QED) is 0.170. The van der Waals surface area contributed by atoms with E-state index >= 15 is 0 Å². The first kappa shape index (κ1) is 31.4. The number of nitrogens with zero attached hydrogens (tertiary/aromatic N) is 4. The van der Waals surface area contributed by atoms with Crippen molar-refractivity contribution in [1.29, 1.82) is 0 Å². The Kier molecular flexibility index (Phi) is 10.8. The number of rotatable bonds is 12. The maximum atomic E-state index is 13.7. The monoisotopic (exact) mass is 661 g/mol. The maximum Gasteiger partial charge on any atom is 0.233 e. The lowest BCUT2D eigenvalue weighted by Crippen LogP contribution is -2.49. The number of hydrogen-bond donors (Lipinski definition) is 1. The molecule has 1 fully saturated rings. The van der Waals surface area contributed by atoms with Crippen LogP contribution in [0.4, 0.5) is 20.4 Å². The molecule has 0 saturated carbocycles. The van der Waals surface area contributed by atoms with Crippen LogP contribution in [-0.2, 0) is 0 Å². The van der Waals surface area contributed by atoms with Crippen molar-refractivity contribution < 1.29 is 18.3 Å². The van der Waals surface area contributed by atoms with E-state index in [1.165, 1.54) is 24.3 Å². The van der Waals surface area contributed by atoms with Gasteiger partial charge in [0, 0.05) is 50.4 Å². The van der Waals surface area contributed by atoms with Crippen LogP contribution in [0.25, 0.3) is 0 Å². The number of benzene rings is 3. The van der Waals surface area contributed by atoms with Gasteiger partial charge in [0.25, 0.3) is 0 Å². The van der Waals surface area contributed by atoms with E-state index < -0.39 is 0 Å². The van der Waals surface area contributed by atoms with Gasteiger partial charge in [-0.3, -0.25) is 4.90 Å². The first-order chi connectivity index (χ1) is 21.4. The standard InChI is InChI=1S/C34H34BrF2N5O2/c1-3-19-43-33-31(35)21-38-34(40-33)39-29-5-4-6-30(20-29)44-23-24(2)22-41-15-17-42(18-16-41)32(25-7-11-27(36)12-8-25)26-9-13-28(37)14-10-26/h1,4-14,20-21,24,32H,15-19,22-23H2,2H3,(H,38,39,40). The van der Waals surface area contributed by atoms with Gasteiger partial charge in [0.15, 0.2) is 6.61 Å². The number of hydrogen-bond acceptors (Lipinski definition) is 7. The fourth-order valence-electron chi connectivity index (χ4n) is 5.26. The van der Waals surface area contributed by atoms with Gasteiger partial charge in [-0.25, -0.2) is 13.8 Å². The summed E-state index contributed by atoms with van der Waals surface area (Å²) in [5.41, 5.74) is 2.77. The van der Waals surface area contributed by atoms with Gasteiger partial charge in [-0.1, -0.05) is 43.2 Å². The lowest BCUT2D eigenvalue weighted by molar-refractivity contribution is 0.0911. The third kappa shape index (κ3) is 8.53. The molecule has 4 aromatic rings. The second kappa shape index (κ2) is 15.1. The summed E-state index contributed by atoms with van der Waals surface area (Å²) in [5, 5.41) is 3.18. The average molecular weight is 663 g/mol. The van der Waals surface area contributed by atoms with Crippen molar-refractivity contribution >= 4 is 27.6 Å². The third-order valence-corrected chi connectivity index (χ3v) is 7.89. The first-order valence-electron chi connectivity index (χ1n) is 14.4. The van der Waals surface area contributed by atoms with Crippen LogP contribution in [0.15, 0.2) is 83.5 Å². The molecular weight excluding hydrogens is 628 g/mol. The Morgan fingerprint density at radius 2 is 1.61 bits per heavy atom. The van der Waals surface area contributed by atoms with Crippen LogP contribution in [0, 0.1) is 29.9 Å². The zero-order chi connectivity index (χ0) is 30.9. The van der Waals surface area contributed by atoms with Crippen LogP contribution in [-0.4, -0.2) is 65.7 Å². The molecule has 5 rings (SSSR count). The Hall–Kier alpha value is -4.04. The highest BCUT2D eigenvalue weighted by Crippen LogP contribution is 2.30. The van der Waals surface area contributed by atoms with Gasteiger partial charge >= 0.3 is 0 Å². The van der Waals surface area contributed by atoms with Crippen molar-refractivity contribution in [3.63, 3.8) is 0 Å². The number of aromatic nitrogens is 2. The number of halogens is 3. The van der Waals surface area contributed by atoms with E-state index in [-0.39, 0.29) is 24.3 Å². The smallest absolute Gasteiger partial charge is 0.233 e. The zero-order valence-electron chi connectivity index (χ0n) is 24.4. The molecule has 0 bridgehead atoms. The largest absolute Gasteiger partial charge is 0.493 e. The predicted octanol–water partition coefficient (Wildman–Crippen LogP) is 6.70. The molecule has 0 aliphatic carbocycles. The van der Waals surface area contributed by atoms with E-state index in [0.717, 1.165) is 55.3 Å². The molecule has 0 radical (unpaired) electrons. The highest BCUT2D eigenvalue weighted by molar-refractivity contribution is 9.10. The zero-order valence-corrected chi connectivity index (χ0v) is 26.0. The van der Waals surface area contributed by atoms with Crippen LogP contribution in [0.1, 0.15) is 24.1 Å². The first-order valence-corrected chi connectivity index (χ1v) is 15.2. The highest BCUT2D eigenvalue weighted by Gasteiger charge is 2.27. The van der Waals surface area contributed by atoms with Crippen molar-refractivity contribution in [3.05, 3.63) is 106 Å². The normalized spacial score (nSPS) is 14.6. The highest BCUT2D eigenvalue weighted by atomic mass is 79.9. The SMILES string of the molecule is C#CCOc1nc(Nc2cccc(OCC(C)CN3CCN(C(c4ccc(F)cc4)c4ccc(F)cc4)CC3)c2)ncc1Br. The van der Waals surface area contributed by atoms with Crippen molar-refractivity contribution in [2.75, 3.05) is 51.3 Å². The fourth-order valence-corrected chi connectivity index (χ4v) is 5.56. The van der Waals surface area contributed by atoms with Crippen molar-refractivity contribution in [2.24, 2.45) is 5.92 Å². The van der Waals surface area contributed by atoms with Crippen LogP contribution in [0.5, 0.6) is 11.6 Å².